The summed E-state index contributed by atoms with van der Waals surface area (Å²) >= 11 is 0. The topological polar surface area (TPSA) is 41.5 Å². The molecule has 0 saturated heterocycles. The highest BCUT2D eigenvalue weighted by molar-refractivity contribution is 5.25. The van der Waals surface area contributed by atoms with Gasteiger partial charge >= 0.3 is 0 Å². The second kappa shape index (κ2) is 12.5. The highest BCUT2D eigenvalue weighted by Crippen LogP contribution is 2.11. The molecule has 2 aromatic rings. The van der Waals surface area contributed by atoms with Gasteiger partial charge in [0.1, 0.15) is 5.75 Å². The molecule has 26 heavy (non-hydrogen) atoms. The number of hydrogen-bond acceptors (Lipinski definition) is 3. The highest BCUT2D eigenvalue weighted by atomic mass is 16.5. The molecule has 2 rings (SSSR count). The molecular weight excluding hydrogens is 322 g/mol. The maximum absolute atomic E-state index is 9.33. The molecule has 0 saturated carbocycles. The van der Waals surface area contributed by atoms with Crippen molar-refractivity contribution in [2.24, 2.45) is 0 Å². The monoisotopic (exact) mass is 355 g/mol. The number of hydrogen-bond donors (Lipinski definition) is 2. The first kappa shape index (κ1) is 20.5. The van der Waals surface area contributed by atoms with E-state index in [1.165, 1.54) is 30.4 Å². The van der Waals surface area contributed by atoms with Crippen LogP contribution in [0, 0.1) is 0 Å². The van der Waals surface area contributed by atoms with Crippen LogP contribution in [-0.2, 0) is 17.7 Å². The van der Waals surface area contributed by atoms with Crippen LogP contribution in [0.3, 0.4) is 0 Å². The molecular formula is C23H33NO2. The maximum Gasteiger partial charge on any atom is 0.115 e. The van der Waals surface area contributed by atoms with Crippen molar-refractivity contribution in [2.75, 3.05) is 13.2 Å². The predicted molar refractivity (Wildman–Crippen MR) is 108 cm³/mol. The summed E-state index contributed by atoms with van der Waals surface area (Å²) in [5.41, 5.74) is 2.56. The van der Waals surface area contributed by atoms with Crippen molar-refractivity contribution in [3.05, 3.63) is 65.7 Å². The zero-order valence-corrected chi connectivity index (χ0v) is 16.0. The van der Waals surface area contributed by atoms with Gasteiger partial charge in [-0.05, 0) is 48.9 Å². The van der Waals surface area contributed by atoms with E-state index in [9.17, 15) is 5.11 Å². The van der Waals surface area contributed by atoms with Gasteiger partial charge in [-0.3, -0.25) is 0 Å². The van der Waals surface area contributed by atoms with Crippen LogP contribution < -0.4 is 5.32 Å². The standard InChI is InChI=1S/C23H33NO2/c1-2-22(24-19-21-12-14-23(25)15-13-21)11-7-4-8-17-26-18-16-20-9-5-3-6-10-20/h3,5-6,9-10,12-15,22,24-25H,2,4,7-8,11,16-19H2,1H3. The van der Waals surface area contributed by atoms with Crippen molar-refractivity contribution in [3.8, 4) is 5.75 Å². The summed E-state index contributed by atoms with van der Waals surface area (Å²) in [7, 11) is 0. The average Bonchev–Trinajstić information content (AvgIpc) is 2.68. The Morgan fingerprint density at radius 2 is 1.65 bits per heavy atom. The molecule has 0 heterocycles. The third kappa shape index (κ3) is 8.50. The van der Waals surface area contributed by atoms with Gasteiger partial charge in [-0.1, -0.05) is 62.2 Å². The van der Waals surface area contributed by atoms with E-state index in [4.69, 9.17) is 4.74 Å². The van der Waals surface area contributed by atoms with Crippen LogP contribution in [0.1, 0.15) is 50.2 Å². The Morgan fingerprint density at radius 1 is 0.885 bits per heavy atom. The Balaban J connectivity index is 1.47. The molecule has 0 radical (unpaired) electrons. The summed E-state index contributed by atoms with van der Waals surface area (Å²) in [5, 5.41) is 12.9. The fraction of sp³-hybridized carbons (Fsp3) is 0.478. The maximum atomic E-state index is 9.33. The SMILES string of the molecule is CCC(CCCCCOCCc1ccccc1)NCc1ccc(O)cc1. The number of phenols is 1. The molecule has 142 valence electrons. The van der Waals surface area contributed by atoms with E-state index >= 15 is 0 Å². The highest BCUT2D eigenvalue weighted by Gasteiger charge is 2.05. The average molecular weight is 356 g/mol. The molecule has 0 bridgehead atoms. The Hall–Kier alpha value is -1.84. The number of benzene rings is 2. The summed E-state index contributed by atoms with van der Waals surface area (Å²) < 4.78 is 5.75. The molecule has 0 fully saturated rings. The Labute approximate surface area is 158 Å². The molecule has 0 aromatic heterocycles. The number of ether oxygens (including phenoxy) is 1. The minimum Gasteiger partial charge on any atom is -0.508 e. The van der Waals surface area contributed by atoms with E-state index in [1.54, 1.807) is 12.1 Å². The van der Waals surface area contributed by atoms with Crippen LogP contribution in [0.4, 0.5) is 0 Å². The second-order valence-corrected chi connectivity index (χ2v) is 6.85. The van der Waals surface area contributed by atoms with Crippen molar-refractivity contribution in [1.82, 2.24) is 5.32 Å². The van der Waals surface area contributed by atoms with Crippen LogP contribution >= 0.6 is 0 Å². The first-order valence-corrected chi connectivity index (χ1v) is 9.91. The lowest BCUT2D eigenvalue weighted by Crippen LogP contribution is -2.27. The van der Waals surface area contributed by atoms with Gasteiger partial charge in [0.05, 0.1) is 6.61 Å². The zero-order chi connectivity index (χ0) is 18.5. The van der Waals surface area contributed by atoms with Crippen molar-refractivity contribution in [1.29, 1.82) is 0 Å². The largest absolute Gasteiger partial charge is 0.508 e. The van der Waals surface area contributed by atoms with Crippen LogP contribution in [0.25, 0.3) is 0 Å². The van der Waals surface area contributed by atoms with Crippen molar-refractivity contribution in [3.63, 3.8) is 0 Å². The third-order valence-corrected chi connectivity index (χ3v) is 4.74. The van der Waals surface area contributed by atoms with Crippen molar-refractivity contribution in [2.45, 2.75) is 58.0 Å². The molecule has 0 spiro atoms. The van der Waals surface area contributed by atoms with Gasteiger partial charge in [-0.15, -0.1) is 0 Å². The molecule has 1 unspecified atom stereocenters. The van der Waals surface area contributed by atoms with Crippen LogP contribution in [0.2, 0.25) is 0 Å². The van der Waals surface area contributed by atoms with Gasteiger partial charge in [0.25, 0.3) is 0 Å². The molecule has 0 aliphatic heterocycles. The van der Waals surface area contributed by atoms with E-state index in [-0.39, 0.29) is 0 Å². The van der Waals surface area contributed by atoms with Crippen LogP contribution in [-0.4, -0.2) is 24.4 Å². The summed E-state index contributed by atoms with van der Waals surface area (Å²) in [6.07, 6.45) is 6.96. The summed E-state index contributed by atoms with van der Waals surface area (Å²) in [4.78, 5) is 0. The first-order valence-electron chi connectivity index (χ1n) is 9.91. The molecule has 1 atom stereocenters. The minimum absolute atomic E-state index is 0.326. The van der Waals surface area contributed by atoms with Gasteiger partial charge in [-0.2, -0.15) is 0 Å². The fourth-order valence-corrected chi connectivity index (χ4v) is 3.03. The number of nitrogens with one attached hydrogen (secondary N) is 1. The first-order chi connectivity index (χ1) is 12.8. The van der Waals surface area contributed by atoms with Crippen molar-refractivity contribution < 1.29 is 9.84 Å². The number of phenolic OH excluding ortho intramolecular Hbond substituents is 1. The smallest absolute Gasteiger partial charge is 0.115 e. The van der Waals surface area contributed by atoms with Gasteiger partial charge < -0.3 is 15.2 Å². The third-order valence-electron chi connectivity index (χ3n) is 4.74. The number of rotatable bonds is 13. The number of aromatic hydroxyl groups is 1. The lowest BCUT2D eigenvalue weighted by Gasteiger charge is -2.17. The summed E-state index contributed by atoms with van der Waals surface area (Å²) in [6.45, 7) is 4.78. The molecule has 2 N–H and O–H groups in total. The molecule has 2 aromatic carbocycles. The Kier molecular flexibility index (Phi) is 9.84. The van der Waals surface area contributed by atoms with Gasteiger partial charge in [0, 0.05) is 19.2 Å². The summed E-state index contributed by atoms with van der Waals surface area (Å²) in [5.74, 6) is 0.326. The molecule has 3 heteroatoms. The predicted octanol–water partition coefficient (Wildman–Crippen LogP) is 5.08. The van der Waals surface area contributed by atoms with E-state index < -0.39 is 0 Å². The van der Waals surface area contributed by atoms with E-state index in [0.29, 0.717) is 11.8 Å². The lowest BCUT2D eigenvalue weighted by atomic mass is 10.1. The molecule has 0 aliphatic carbocycles. The van der Waals surface area contributed by atoms with E-state index in [0.717, 1.165) is 39.0 Å². The van der Waals surface area contributed by atoms with Crippen LogP contribution in [0.5, 0.6) is 5.75 Å². The van der Waals surface area contributed by atoms with Gasteiger partial charge in [0.2, 0.25) is 0 Å². The minimum atomic E-state index is 0.326. The van der Waals surface area contributed by atoms with Gasteiger partial charge in [-0.25, -0.2) is 0 Å². The van der Waals surface area contributed by atoms with E-state index in [1.807, 2.05) is 18.2 Å². The Bertz CT molecular complexity index is 583. The normalized spacial score (nSPS) is 12.2. The zero-order valence-electron chi connectivity index (χ0n) is 16.0. The second-order valence-electron chi connectivity index (χ2n) is 6.85. The fourth-order valence-electron chi connectivity index (χ4n) is 3.03. The summed E-state index contributed by atoms with van der Waals surface area (Å²) in [6, 6.07) is 18.5. The lowest BCUT2D eigenvalue weighted by molar-refractivity contribution is 0.132. The quantitative estimate of drug-likeness (QED) is 0.492. The molecule has 0 amide bonds. The van der Waals surface area contributed by atoms with E-state index in [2.05, 4.69) is 36.5 Å². The van der Waals surface area contributed by atoms with Crippen LogP contribution in [0.15, 0.2) is 54.6 Å². The van der Waals surface area contributed by atoms with Gasteiger partial charge in [0.15, 0.2) is 0 Å². The Morgan fingerprint density at radius 3 is 2.38 bits per heavy atom. The molecule has 0 aliphatic rings. The number of unbranched alkanes of at least 4 members (excludes halogenated alkanes) is 2. The molecule has 3 nitrogen and oxygen atoms in total. The van der Waals surface area contributed by atoms with Crippen molar-refractivity contribution >= 4 is 0 Å².